The summed E-state index contributed by atoms with van der Waals surface area (Å²) in [5.41, 5.74) is -0.265. The van der Waals surface area contributed by atoms with Gasteiger partial charge < -0.3 is 15.4 Å². The number of nitro benzene ring substituents is 1. The molecule has 1 rings (SSSR count). The number of anilines is 1. The zero-order valence-corrected chi connectivity index (χ0v) is 12.7. The standard InChI is InChI=1S/C14H18N4O4/c1-14(2,3)22-13(19)17-7-6-16-11-5-4-10(9-15)8-12(11)18(20)21/h4-5,8,16H,6-7H2,1-3H3,(H,17,19). The summed E-state index contributed by atoms with van der Waals surface area (Å²) < 4.78 is 5.06. The molecule has 22 heavy (non-hydrogen) atoms. The second-order valence-electron chi connectivity index (χ2n) is 5.46. The van der Waals surface area contributed by atoms with Crippen molar-refractivity contribution in [2.24, 2.45) is 0 Å². The number of ether oxygens (including phenoxy) is 1. The molecular formula is C14H18N4O4. The second-order valence-corrected chi connectivity index (χ2v) is 5.46. The number of amides is 1. The fourth-order valence-electron chi connectivity index (χ4n) is 1.58. The minimum Gasteiger partial charge on any atom is -0.444 e. The summed E-state index contributed by atoms with van der Waals surface area (Å²) in [7, 11) is 0. The van der Waals surface area contributed by atoms with Crippen LogP contribution in [0.5, 0.6) is 0 Å². The van der Waals surface area contributed by atoms with E-state index in [9.17, 15) is 14.9 Å². The van der Waals surface area contributed by atoms with E-state index in [4.69, 9.17) is 10.00 Å². The van der Waals surface area contributed by atoms with Gasteiger partial charge in [0.2, 0.25) is 0 Å². The van der Waals surface area contributed by atoms with Crippen molar-refractivity contribution in [3.63, 3.8) is 0 Å². The summed E-state index contributed by atoms with van der Waals surface area (Å²) in [4.78, 5) is 21.8. The highest BCUT2D eigenvalue weighted by molar-refractivity contribution is 5.68. The van der Waals surface area contributed by atoms with Crippen molar-refractivity contribution in [2.45, 2.75) is 26.4 Å². The Balaban J connectivity index is 2.54. The molecule has 1 aromatic rings. The largest absolute Gasteiger partial charge is 0.444 e. The van der Waals surface area contributed by atoms with E-state index in [1.807, 2.05) is 6.07 Å². The summed E-state index contributed by atoms with van der Waals surface area (Å²) in [5.74, 6) is 0. The molecule has 0 aliphatic rings. The molecule has 0 heterocycles. The van der Waals surface area contributed by atoms with Crippen LogP contribution < -0.4 is 10.6 Å². The highest BCUT2D eigenvalue weighted by Gasteiger charge is 2.16. The maximum atomic E-state index is 11.4. The van der Waals surface area contributed by atoms with Gasteiger partial charge >= 0.3 is 6.09 Å². The first-order valence-corrected chi connectivity index (χ1v) is 6.62. The number of nitrogens with zero attached hydrogens (tertiary/aromatic N) is 2. The fraction of sp³-hybridized carbons (Fsp3) is 0.429. The number of carbonyl (C=O) groups excluding carboxylic acids is 1. The molecule has 2 N–H and O–H groups in total. The van der Waals surface area contributed by atoms with E-state index in [0.29, 0.717) is 0 Å². The molecule has 0 bridgehead atoms. The van der Waals surface area contributed by atoms with Crippen molar-refractivity contribution in [1.29, 1.82) is 5.26 Å². The van der Waals surface area contributed by atoms with E-state index in [1.54, 1.807) is 20.8 Å². The van der Waals surface area contributed by atoms with E-state index >= 15 is 0 Å². The average Bonchev–Trinajstić information content (AvgIpc) is 2.41. The zero-order chi connectivity index (χ0) is 16.8. The van der Waals surface area contributed by atoms with E-state index in [1.165, 1.54) is 18.2 Å². The third kappa shape index (κ3) is 5.66. The lowest BCUT2D eigenvalue weighted by Crippen LogP contribution is -2.35. The Hall–Kier alpha value is -2.82. The molecule has 0 saturated carbocycles. The first-order valence-electron chi connectivity index (χ1n) is 6.62. The number of carbonyl (C=O) groups is 1. The summed E-state index contributed by atoms with van der Waals surface area (Å²) in [6.07, 6.45) is -0.552. The van der Waals surface area contributed by atoms with Gasteiger partial charge in [0.05, 0.1) is 16.6 Å². The van der Waals surface area contributed by atoms with Crippen LogP contribution in [-0.4, -0.2) is 29.7 Å². The Morgan fingerprint density at radius 2 is 2.09 bits per heavy atom. The van der Waals surface area contributed by atoms with Crippen molar-refractivity contribution in [3.05, 3.63) is 33.9 Å². The van der Waals surface area contributed by atoms with Crippen molar-refractivity contribution >= 4 is 17.5 Å². The number of rotatable bonds is 5. The van der Waals surface area contributed by atoms with Crippen LogP contribution in [0.2, 0.25) is 0 Å². The Labute approximate surface area is 128 Å². The number of benzene rings is 1. The molecule has 0 atom stereocenters. The highest BCUT2D eigenvalue weighted by atomic mass is 16.6. The fourth-order valence-corrected chi connectivity index (χ4v) is 1.58. The van der Waals surface area contributed by atoms with Gasteiger partial charge in [-0.1, -0.05) is 0 Å². The first kappa shape index (κ1) is 17.2. The molecule has 0 fully saturated rings. The van der Waals surface area contributed by atoms with Crippen LogP contribution in [0.3, 0.4) is 0 Å². The normalized spacial score (nSPS) is 10.5. The summed E-state index contributed by atoms with van der Waals surface area (Å²) in [6.45, 7) is 5.79. The molecule has 0 aromatic heterocycles. The molecule has 0 unspecified atom stereocenters. The van der Waals surface area contributed by atoms with Crippen LogP contribution in [0.4, 0.5) is 16.2 Å². The third-order valence-electron chi connectivity index (χ3n) is 2.43. The van der Waals surface area contributed by atoms with Gasteiger partial charge in [0.15, 0.2) is 0 Å². The molecule has 8 heteroatoms. The monoisotopic (exact) mass is 306 g/mol. The molecule has 8 nitrogen and oxygen atoms in total. The van der Waals surface area contributed by atoms with Gasteiger partial charge in [-0.25, -0.2) is 4.79 Å². The van der Waals surface area contributed by atoms with Gasteiger partial charge in [0, 0.05) is 19.2 Å². The van der Waals surface area contributed by atoms with E-state index < -0.39 is 16.6 Å². The van der Waals surface area contributed by atoms with Crippen molar-refractivity contribution < 1.29 is 14.5 Å². The molecule has 0 spiro atoms. The Morgan fingerprint density at radius 1 is 1.41 bits per heavy atom. The number of nitrogens with one attached hydrogen (secondary N) is 2. The first-order chi connectivity index (χ1) is 10.2. The molecule has 1 aromatic carbocycles. The minimum atomic E-state index is -0.580. The Bertz CT molecular complexity index is 602. The topological polar surface area (TPSA) is 117 Å². The molecule has 0 saturated heterocycles. The average molecular weight is 306 g/mol. The number of hydrogen-bond donors (Lipinski definition) is 2. The van der Waals surface area contributed by atoms with Crippen molar-refractivity contribution in [3.8, 4) is 6.07 Å². The van der Waals surface area contributed by atoms with Crippen LogP contribution in [0, 0.1) is 21.4 Å². The lowest BCUT2D eigenvalue weighted by molar-refractivity contribution is -0.384. The second kappa shape index (κ2) is 7.26. The lowest BCUT2D eigenvalue weighted by atomic mass is 10.2. The molecule has 1 amide bonds. The van der Waals surface area contributed by atoms with Gasteiger partial charge in [-0.05, 0) is 32.9 Å². The van der Waals surface area contributed by atoms with Crippen molar-refractivity contribution in [1.82, 2.24) is 5.32 Å². The van der Waals surface area contributed by atoms with E-state index in [0.717, 1.165) is 0 Å². The minimum absolute atomic E-state index is 0.184. The molecule has 118 valence electrons. The van der Waals surface area contributed by atoms with Crippen LogP contribution >= 0.6 is 0 Å². The summed E-state index contributed by atoms with van der Waals surface area (Å²) in [5, 5.41) is 25.1. The number of hydrogen-bond acceptors (Lipinski definition) is 6. The van der Waals surface area contributed by atoms with Gasteiger partial charge in [-0.15, -0.1) is 0 Å². The Kier molecular flexibility index (Phi) is 5.69. The number of alkyl carbamates (subject to hydrolysis) is 1. The number of nitro groups is 1. The smallest absolute Gasteiger partial charge is 0.407 e. The van der Waals surface area contributed by atoms with Crippen LogP contribution in [0.25, 0.3) is 0 Å². The summed E-state index contributed by atoms with van der Waals surface area (Å²) in [6, 6.07) is 5.99. The van der Waals surface area contributed by atoms with Gasteiger partial charge in [0.1, 0.15) is 11.3 Å². The van der Waals surface area contributed by atoms with Gasteiger partial charge in [-0.2, -0.15) is 5.26 Å². The lowest BCUT2D eigenvalue weighted by Gasteiger charge is -2.19. The maximum Gasteiger partial charge on any atom is 0.407 e. The number of nitriles is 1. The van der Waals surface area contributed by atoms with Crippen LogP contribution in [0.1, 0.15) is 26.3 Å². The maximum absolute atomic E-state index is 11.4. The molecular weight excluding hydrogens is 288 g/mol. The zero-order valence-electron chi connectivity index (χ0n) is 12.7. The Morgan fingerprint density at radius 3 is 2.64 bits per heavy atom. The predicted molar refractivity (Wildman–Crippen MR) is 80.5 cm³/mol. The molecule has 0 aliphatic heterocycles. The van der Waals surface area contributed by atoms with Crippen molar-refractivity contribution in [2.75, 3.05) is 18.4 Å². The quantitative estimate of drug-likeness (QED) is 0.490. The molecule has 0 aliphatic carbocycles. The van der Waals surface area contributed by atoms with E-state index in [-0.39, 0.29) is 30.0 Å². The van der Waals surface area contributed by atoms with E-state index in [2.05, 4.69) is 10.6 Å². The summed E-state index contributed by atoms with van der Waals surface area (Å²) >= 11 is 0. The van der Waals surface area contributed by atoms with Gasteiger partial charge in [-0.3, -0.25) is 10.1 Å². The molecule has 0 radical (unpaired) electrons. The van der Waals surface area contributed by atoms with Crippen LogP contribution in [-0.2, 0) is 4.74 Å². The van der Waals surface area contributed by atoms with Gasteiger partial charge in [0.25, 0.3) is 5.69 Å². The SMILES string of the molecule is CC(C)(C)OC(=O)NCCNc1ccc(C#N)cc1[N+](=O)[O-]. The van der Waals surface area contributed by atoms with Crippen LogP contribution in [0.15, 0.2) is 18.2 Å². The predicted octanol–water partition coefficient (Wildman–Crippen LogP) is 2.40. The highest BCUT2D eigenvalue weighted by Crippen LogP contribution is 2.24. The third-order valence-corrected chi connectivity index (χ3v) is 2.43.